The summed E-state index contributed by atoms with van der Waals surface area (Å²) in [5.41, 5.74) is 2.94. The van der Waals surface area contributed by atoms with E-state index in [1.54, 1.807) is 0 Å². The summed E-state index contributed by atoms with van der Waals surface area (Å²) in [5, 5.41) is 3.45. The Bertz CT molecular complexity index is 496. The molecule has 1 aromatic heterocycles. The van der Waals surface area contributed by atoms with Gasteiger partial charge < -0.3 is 10.2 Å². The minimum absolute atomic E-state index is 0.400. The number of hydrogen-bond donors (Lipinski definition) is 3. The van der Waals surface area contributed by atoms with Crippen LogP contribution in [0.4, 0.5) is 17.8 Å². The molecule has 2 fully saturated rings. The number of nitrogens with zero attached hydrogens (tertiary/aromatic N) is 4. The first-order valence-corrected chi connectivity index (χ1v) is 7.80. The van der Waals surface area contributed by atoms with Gasteiger partial charge in [0.2, 0.25) is 17.8 Å². The molecule has 0 spiro atoms. The van der Waals surface area contributed by atoms with Crippen LogP contribution in [0.5, 0.6) is 0 Å². The zero-order chi connectivity index (χ0) is 14.9. The van der Waals surface area contributed by atoms with Gasteiger partial charge in [0.15, 0.2) is 0 Å². The molecule has 7 heteroatoms. The van der Waals surface area contributed by atoms with Crippen molar-refractivity contribution in [2.45, 2.75) is 52.0 Å². The second kappa shape index (κ2) is 5.63. The van der Waals surface area contributed by atoms with Crippen LogP contribution in [0.2, 0.25) is 0 Å². The first-order valence-electron chi connectivity index (χ1n) is 7.80. The lowest BCUT2D eigenvalue weighted by Gasteiger charge is -2.20. The summed E-state index contributed by atoms with van der Waals surface area (Å²) in [6.45, 7) is 6.63. The Hall–Kier alpha value is -1.63. The first kappa shape index (κ1) is 14.3. The fourth-order valence-electron chi connectivity index (χ4n) is 3.29. The minimum Gasteiger partial charge on any atom is -0.351 e. The summed E-state index contributed by atoms with van der Waals surface area (Å²) in [4.78, 5) is 15.5. The van der Waals surface area contributed by atoms with Gasteiger partial charge in [-0.25, -0.2) is 5.84 Å². The fraction of sp³-hybridized carbons (Fsp3) is 0.786. The second-order valence-corrected chi connectivity index (χ2v) is 6.87. The molecule has 2 aliphatic rings. The van der Waals surface area contributed by atoms with E-state index in [9.17, 15) is 0 Å². The van der Waals surface area contributed by atoms with Crippen molar-refractivity contribution >= 4 is 17.8 Å². The maximum atomic E-state index is 5.49. The molecular weight excluding hydrogens is 266 g/mol. The fourth-order valence-corrected chi connectivity index (χ4v) is 3.29. The summed E-state index contributed by atoms with van der Waals surface area (Å²) in [7, 11) is 0. The van der Waals surface area contributed by atoms with Crippen molar-refractivity contribution in [3.8, 4) is 0 Å². The van der Waals surface area contributed by atoms with E-state index in [4.69, 9.17) is 5.84 Å². The highest BCUT2D eigenvalue weighted by Gasteiger charge is 2.31. The van der Waals surface area contributed by atoms with Gasteiger partial charge in [0.1, 0.15) is 0 Å². The lowest BCUT2D eigenvalue weighted by atomic mass is 9.92. The second-order valence-electron chi connectivity index (χ2n) is 6.87. The molecule has 0 amide bonds. The van der Waals surface area contributed by atoms with Crippen LogP contribution in [0.3, 0.4) is 0 Å². The Morgan fingerprint density at radius 3 is 2.48 bits per heavy atom. The van der Waals surface area contributed by atoms with Crippen LogP contribution >= 0.6 is 0 Å². The van der Waals surface area contributed by atoms with Crippen molar-refractivity contribution in [2.75, 3.05) is 28.7 Å². The topological polar surface area (TPSA) is 92.0 Å². The van der Waals surface area contributed by atoms with Gasteiger partial charge in [-0.3, -0.25) is 5.43 Å². The van der Waals surface area contributed by atoms with Crippen molar-refractivity contribution in [3.63, 3.8) is 0 Å². The van der Waals surface area contributed by atoms with Crippen LogP contribution < -0.4 is 21.5 Å². The Morgan fingerprint density at radius 1 is 1.14 bits per heavy atom. The number of nitrogen functional groups attached to an aromatic ring is 1. The average molecular weight is 291 g/mol. The maximum Gasteiger partial charge on any atom is 0.243 e. The minimum atomic E-state index is 0.400. The molecule has 0 bridgehead atoms. The van der Waals surface area contributed by atoms with Gasteiger partial charge in [-0.05, 0) is 37.5 Å². The molecule has 1 aliphatic heterocycles. The van der Waals surface area contributed by atoms with Gasteiger partial charge in [0.25, 0.3) is 0 Å². The van der Waals surface area contributed by atoms with Crippen LogP contribution in [0.15, 0.2) is 0 Å². The van der Waals surface area contributed by atoms with Gasteiger partial charge in [-0.15, -0.1) is 0 Å². The van der Waals surface area contributed by atoms with E-state index < -0.39 is 0 Å². The molecule has 1 saturated heterocycles. The first-order chi connectivity index (χ1) is 10.1. The van der Waals surface area contributed by atoms with Gasteiger partial charge in [0, 0.05) is 19.1 Å². The standard InChI is InChI=1S/C14H25N7/c1-14(2)6-5-10(9-14)16-11-17-12(20-15)19-13(18-11)21-7-3-4-8-21/h10H,3-9,15H2,1-2H3,(H2,16,17,18,19,20). The molecule has 0 aromatic carbocycles. The molecule has 1 saturated carbocycles. The molecule has 1 aliphatic carbocycles. The highest BCUT2D eigenvalue weighted by molar-refractivity contribution is 5.44. The number of nitrogens with two attached hydrogens (primary N) is 1. The lowest BCUT2D eigenvalue weighted by Crippen LogP contribution is -2.25. The monoisotopic (exact) mass is 291 g/mol. The Kier molecular flexibility index (Phi) is 3.84. The summed E-state index contributed by atoms with van der Waals surface area (Å²) in [5.74, 6) is 7.26. The van der Waals surface area contributed by atoms with Crippen molar-refractivity contribution in [3.05, 3.63) is 0 Å². The number of hydrazine groups is 1. The largest absolute Gasteiger partial charge is 0.351 e. The van der Waals surface area contributed by atoms with Gasteiger partial charge >= 0.3 is 0 Å². The van der Waals surface area contributed by atoms with Crippen molar-refractivity contribution in [1.82, 2.24) is 15.0 Å². The van der Waals surface area contributed by atoms with Crippen LogP contribution in [0.25, 0.3) is 0 Å². The third-order valence-corrected chi connectivity index (χ3v) is 4.44. The number of nitrogens with one attached hydrogen (secondary N) is 2. The Balaban J connectivity index is 1.76. The quantitative estimate of drug-likeness (QED) is 0.575. The van der Waals surface area contributed by atoms with E-state index in [-0.39, 0.29) is 0 Å². The van der Waals surface area contributed by atoms with E-state index >= 15 is 0 Å². The van der Waals surface area contributed by atoms with E-state index in [0.717, 1.165) is 31.9 Å². The normalized spacial score (nSPS) is 24.3. The van der Waals surface area contributed by atoms with Crippen molar-refractivity contribution in [2.24, 2.45) is 11.3 Å². The number of anilines is 3. The molecule has 2 heterocycles. The summed E-state index contributed by atoms with van der Waals surface area (Å²) in [6, 6.07) is 0.430. The molecular formula is C14H25N7. The summed E-state index contributed by atoms with van der Waals surface area (Å²) >= 11 is 0. The Morgan fingerprint density at radius 2 is 1.86 bits per heavy atom. The molecule has 1 unspecified atom stereocenters. The van der Waals surface area contributed by atoms with E-state index in [1.165, 1.54) is 19.3 Å². The SMILES string of the molecule is CC1(C)CCC(Nc2nc(NN)nc(N3CCCC3)n2)C1. The predicted molar refractivity (Wildman–Crippen MR) is 84.1 cm³/mol. The molecule has 1 aromatic rings. The molecule has 21 heavy (non-hydrogen) atoms. The molecule has 0 radical (unpaired) electrons. The maximum absolute atomic E-state index is 5.49. The Labute approximate surface area is 125 Å². The van der Waals surface area contributed by atoms with Gasteiger partial charge in [-0.2, -0.15) is 15.0 Å². The van der Waals surface area contributed by atoms with Crippen molar-refractivity contribution in [1.29, 1.82) is 0 Å². The van der Waals surface area contributed by atoms with E-state index in [1.807, 2.05) is 0 Å². The van der Waals surface area contributed by atoms with E-state index in [2.05, 4.69) is 44.4 Å². The van der Waals surface area contributed by atoms with Crippen LogP contribution in [0.1, 0.15) is 46.0 Å². The van der Waals surface area contributed by atoms with Gasteiger partial charge in [0.05, 0.1) is 0 Å². The highest BCUT2D eigenvalue weighted by atomic mass is 15.4. The number of aromatic nitrogens is 3. The smallest absolute Gasteiger partial charge is 0.243 e. The molecule has 116 valence electrons. The molecule has 3 rings (SSSR count). The molecule has 1 atom stereocenters. The zero-order valence-corrected chi connectivity index (χ0v) is 12.9. The predicted octanol–water partition coefficient (Wildman–Crippen LogP) is 1.75. The van der Waals surface area contributed by atoms with Crippen LogP contribution in [-0.4, -0.2) is 34.1 Å². The molecule has 4 N–H and O–H groups in total. The zero-order valence-electron chi connectivity index (χ0n) is 12.9. The van der Waals surface area contributed by atoms with Crippen LogP contribution in [0, 0.1) is 5.41 Å². The van der Waals surface area contributed by atoms with Crippen LogP contribution in [-0.2, 0) is 0 Å². The summed E-state index contributed by atoms with van der Waals surface area (Å²) < 4.78 is 0. The average Bonchev–Trinajstić information content (AvgIpc) is 3.08. The number of hydrogen-bond acceptors (Lipinski definition) is 7. The highest BCUT2D eigenvalue weighted by Crippen LogP contribution is 2.38. The van der Waals surface area contributed by atoms with Gasteiger partial charge in [-0.1, -0.05) is 13.8 Å². The van der Waals surface area contributed by atoms with Crippen molar-refractivity contribution < 1.29 is 0 Å². The lowest BCUT2D eigenvalue weighted by molar-refractivity contribution is 0.378. The molecule has 7 nitrogen and oxygen atoms in total. The third-order valence-electron chi connectivity index (χ3n) is 4.44. The van der Waals surface area contributed by atoms with E-state index in [0.29, 0.717) is 23.4 Å². The number of rotatable bonds is 4. The summed E-state index contributed by atoms with van der Waals surface area (Å²) in [6.07, 6.45) is 5.91. The third kappa shape index (κ3) is 3.34.